The van der Waals surface area contributed by atoms with E-state index in [1.165, 1.54) is 0 Å². The molecule has 0 atom stereocenters. The average molecular weight is 467 g/mol. The Kier molecular flexibility index (Phi) is 5.65. The number of aryl methyl sites for hydroxylation is 2. The van der Waals surface area contributed by atoms with Crippen LogP contribution in [0, 0.1) is 0 Å². The fourth-order valence-corrected chi connectivity index (χ4v) is 5.90. The Balaban J connectivity index is 1.60. The third-order valence-corrected chi connectivity index (χ3v) is 7.62. The molecule has 0 spiro atoms. The second-order valence-corrected chi connectivity index (χ2v) is 9.93. The first-order valence-electron chi connectivity index (χ1n) is 12.8. The molecular formula is C30H30N2O3. The number of carbonyl (C=O) groups is 2. The van der Waals surface area contributed by atoms with E-state index in [2.05, 4.69) is 33.7 Å². The van der Waals surface area contributed by atoms with Crippen molar-refractivity contribution in [1.29, 1.82) is 0 Å². The van der Waals surface area contributed by atoms with Gasteiger partial charge in [-0.25, -0.2) is 0 Å². The maximum absolute atomic E-state index is 13.3. The molecule has 4 bridgehead atoms. The standard InChI is InChI=1S/C30H30N2O3/c33-20-9-5-7-15-31-18-23(21-11-1-3-13-25(21)31)29-27(34)17-28(35)30(29)24-19-32(16-8-6-10-20)26-14-4-2-12-22(24)26/h1-4,11-14,18-20,33H,5-10,15-17H2. The van der Waals surface area contributed by atoms with Gasteiger partial charge in [0.1, 0.15) is 0 Å². The van der Waals surface area contributed by atoms with Gasteiger partial charge >= 0.3 is 0 Å². The summed E-state index contributed by atoms with van der Waals surface area (Å²) >= 11 is 0. The minimum absolute atomic E-state index is 0.0679. The van der Waals surface area contributed by atoms with Crippen molar-refractivity contribution >= 4 is 44.5 Å². The molecule has 2 aliphatic rings. The third kappa shape index (κ3) is 3.84. The molecule has 178 valence electrons. The number of Topliss-reactive ketones (excluding diaryl/α,β-unsaturated/α-hetero) is 2. The Labute approximate surface area is 204 Å². The number of allylic oxidation sites excluding steroid dienone is 2. The van der Waals surface area contributed by atoms with Crippen molar-refractivity contribution < 1.29 is 14.7 Å². The average Bonchev–Trinajstić information content (AvgIpc) is 3.50. The Morgan fingerprint density at radius 1 is 0.657 bits per heavy atom. The van der Waals surface area contributed by atoms with Crippen LogP contribution >= 0.6 is 0 Å². The van der Waals surface area contributed by atoms with Crippen LogP contribution in [0.2, 0.25) is 0 Å². The zero-order chi connectivity index (χ0) is 23.9. The number of aliphatic hydroxyl groups is 1. The first-order valence-corrected chi connectivity index (χ1v) is 12.8. The molecule has 2 aromatic heterocycles. The van der Waals surface area contributed by atoms with Gasteiger partial charge in [0.15, 0.2) is 11.6 Å². The minimum atomic E-state index is -0.264. The Morgan fingerprint density at radius 3 is 1.60 bits per heavy atom. The molecule has 4 aromatic rings. The largest absolute Gasteiger partial charge is 0.393 e. The normalized spacial score (nSPS) is 18.4. The molecule has 0 radical (unpaired) electrons. The summed E-state index contributed by atoms with van der Waals surface area (Å²) in [6.45, 7) is 1.63. The highest BCUT2D eigenvalue weighted by Gasteiger charge is 2.35. The maximum Gasteiger partial charge on any atom is 0.172 e. The zero-order valence-corrected chi connectivity index (χ0v) is 19.9. The second kappa shape index (κ2) is 8.97. The first kappa shape index (κ1) is 22.1. The number of hydrogen-bond donors (Lipinski definition) is 1. The van der Waals surface area contributed by atoms with Crippen molar-refractivity contribution in [3.05, 3.63) is 72.1 Å². The lowest BCUT2D eigenvalue weighted by molar-refractivity contribution is -0.119. The smallest absolute Gasteiger partial charge is 0.172 e. The summed E-state index contributed by atoms with van der Waals surface area (Å²) in [7, 11) is 0. The Hall–Kier alpha value is -3.44. The first-order chi connectivity index (χ1) is 17.1. The van der Waals surface area contributed by atoms with Crippen LogP contribution < -0.4 is 0 Å². The van der Waals surface area contributed by atoms with Crippen LogP contribution in [0.5, 0.6) is 0 Å². The number of ketones is 2. The topological polar surface area (TPSA) is 64.2 Å². The molecule has 0 amide bonds. The number of para-hydroxylation sites is 2. The summed E-state index contributed by atoms with van der Waals surface area (Å²) in [4.78, 5) is 26.6. The van der Waals surface area contributed by atoms with E-state index in [-0.39, 0.29) is 24.1 Å². The van der Waals surface area contributed by atoms with Gasteiger partial charge in [0, 0.05) is 69.6 Å². The van der Waals surface area contributed by atoms with Gasteiger partial charge < -0.3 is 14.2 Å². The van der Waals surface area contributed by atoms with E-state index in [9.17, 15) is 14.7 Å². The lowest BCUT2D eigenvalue weighted by Crippen LogP contribution is -2.08. The monoisotopic (exact) mass is 466 g/mol. The van der Waals surface area contributed by atoms with Crippen molar-refractivity contribution in [2.24, 2.45) is 0 Å². The number of carbonyl (C=O) groups excluding carboxylic acids is 2. The van der Waals surface area contributed by atoms with Crippen LogP contribution in [-0.2, 0) is 22.7 Å². The molecule has 0 saturated heterocycles. The van der Waals surface area contributed by atoms with Crippen LogP contribution in [0.25, 0.3) is 33.0 Å². The molecule has 1 aliphatic carbocycles. The molecule has 5 heteroatoms. The molecule has 1 N–H and O–H groups in total. The van der Waals surface area contributed by atoms with Crippen molar-refractivity contribution in [3.63, 3.8) is 0 Å². The van der Waals surface area contributed by atoms with Crippen LogP contribution in [-0.4, -0.2) is 31.9 Å². The van der Waals surface area contributed by atoms with Gasteiger partial charge in [-0.3, -0.25) is 9.59 Å². The van der Waals surface area contributed by atoms with Gasteiger partial charge in [-0.1, -0.05) is 36.4 Å². The number of fused-ring (bicyclic) bond motifs is 12. The molecular weight excluding hydrogens is 436 g/mol. The highest BCUT2D eigenvalue weighted by Crippen LogP contribution is 2.41. The molecule has 0 unspecified atom stereocenters. The molecule has 1 aliphatic heterocycles. The van der Waals surface area contributed by atoms with Gasteiger partial charge in [-0.2, -0.15) is 0 Å². The van der Waals surface area contributed by atoms with E-state index >= 15 is 0 Å². The summed E-state index contributed by atoms with van der Waals surface area (Å²) in [5.74, 6) is -0.184. The molecule has 5 nitrogen and oxygen atoms in total. The summed E-state index contributed by atoms with van der Waals surface area (Å²) < 4.78 is 4.41. The molecule has 35 heavy (non-hydrogen) atoms. The maximum atomic E-state index is 13.3. The third-order valence-electron chi connectivity index (χ3n) is 7.62. The van der Waals surface area contributed by atoms with Gasteiger partial charge in [-0.05, 0) is 50.7 Å². The molecule has 3 heterocycles. The number of hydrogen-bond acceptors (Lipinski definition) is 3. The Morgan fingerprint density at radius 2 is 1.11 bits per heavy atom. The van der Waals surface area contributed by atoms with E-state index in [0.717, 1.165) is 84.5 Å². The van der Waals surface area contributed by atoms with Gasteiger partial charge in [0.2, 0.25) is 0 Å². The van der Waals surface area contributed by atoms with Crippen molar-refractivity contribution in [2.75, 3.05) is 0 Å². The van der Waals surface area contributed by atoms with E-state index in [0.29, 0.717) is 11.1 Å². The number of nitrogens with zero attached hydrogens (tertiary/aromatic N) is 2. The van der Waals surface area contributed by atoms with Crippen LogP contribution in [0.4, 0.5) is 0 Å². The van der Waals surface area contributed by atoms with Crippen LogP contribution in [0.15, 0.2) is 60.9 Å². The molecule has 6 rings (SSSR count). The summed E-state index contributed by atoms with van der Waals surface area (Å²) in [6.07, 6.45) is 9.24. The van der Waals surface area contributed by atoms with Crippen molar-refractivity contribution in [1.82, 2.24) is 9.13 Å². The number of aliphatic hydroxyl groups excluding tert-OH is 1. The molecule has 0 saturated carbocycles. The molecule has 2 aromatic carbocycles. The Bertz CT molecular complexity index is 1380. The summed E-state index contributed by atoms with van der Waals surface area (Å²) in [5.41, 5.74) is 4.98. The molecule has 0 fully saturated rings. The highest BCUT2D eigenvalue weighted by molar-refractivity contribution is 6.52. The predicted molar refractivity (Wildman–Crippen MR) is 139 cm³/mol. The summed E-state index contributed by atoms with van der Waals surface area (Å²) in [6, 6.07) is 16.3. The predicted octanol–water partition coefficient (Wildman–Crippen LogP) is 5.76. The summed E-state index contributed by atoms with van der Waals surface area (Å²) in [5, 5.41) is 12.5. The number of rotatable bonds is 0. The van der Waals surface area contributed by atoms with Crippen LogP contribution in [0.1, 0.15) is 56.1 Å². The number of benzene rings is 2. The van der Waals surface area contributed by atoms with E-state index in [1.807, 2.05) is 36.4 Å². The number of aromatic nitrogens is 2. The minimum Gasteiger partial charge on any atom is -0.393 e. The SMILES string of the molecule is O=C1CC(=O)C2=C1c1cn(c3ccccc13)CCCCC(O)CCCCn1cc2c2ccccc21. The highest BCUT2D eigenvalue weighted by atomic mass is 16.3. The van der Waals surface area contributed by atoms with Gasteiger partial charge in [-0.15, -0.1) is 0 Å². The lowest BCUT2D eigenvalue weighted by atomic mass is 9.95. The van der Waals surface area contributed by atoms with Crippen LogP contribution in [0.3, 0.4) is 0 Å². The van der Waals surface area contributed by atoms with Crippen molar-refractivity contribution in [2.45, 2.75) is 64.1 Å². The van der Waals surface area contributed by atoms with E-state index in [1.54, 1.807) is 0 Å². The fourth-order valence-electron chi connectivity index (χ4n) is 5.90. The van der Waals surface area contributed by atoms with E-state index in [4.69, 9.17) is 0 Å². The van der Waals surface area contributed by atoms with Gasteiger partial charge in [0.25, 0.3) is 0 Å². The zero-order valence-electron chi connectivity index (χ0n) is 19.9. The van der Waals surface area contributed by atoms with Gasteiger partial charge in [0.05, 0.1) is 12.5 Å². The second-order valence-electron chi connectivity index (χ2n) is 9.93. The lowest BCUT2D eigenvalue weighted by Gasteiger charge is -2.11. The van der Waals surface area contributed by atoms with Crippen molar-refractivity contribution in [3.8, 4) is 0 Å². The van der Waals surface area contributed by atoms with E-state index < -0.39 is 0 Å². The quantitative estimate of drug-likeness (QED) is 0.335. The fraction of sp³-hybridized carbons (Fsp3) is 0.333.